The van der Waals surface area contributed by atoms with Gasteiger partial charge >= 0.3 is 6.18 Å². The van der Waals surface area contributed by atoms with E-state index in [1.54, 1.807) is 7.05 Å². The van der Waals surface area contributed by atoms with Crippen LogP contribution in [-0.2, 0) is 39.0 Å². The van der Waals surface area contributed by atoms with Gasteiger partial charge in [0.25, 0.3) is 0 Å². The van der Waals surface area contributed by atoms with Gasteiger partial charge in [-0.1, -0.05) is 12.1 Å². The van der Waals surface area contributed by atoms with Crippen LogP contribution in [0.2, 0.25) is 0 Å². The third-order valence-electron chi connectivity index (χ3n) is 4.76. The van der Waals surface area contributed by atoms with E-state index in [1.807, 2.05) is 0 Å². The minimum Gasteiger partial charge on any atom is -0.274 e. The highest BCUT2D eigenvalue weighted by Gasteiger charge is 2.32. The van der Waals surface area contributed by atoms with E-state index in [2.05, 4.69) is 5.10 Å². The minimum absolute atomic E-state index is 0.0243. The molecule has 0 aliphatic carbocycles. The number of aromatic nitrogens is 2. The Hall–Kier alpha value is -1.96. The van der Waals surface area contributed by atoms with E-state index in [-0.39, 0.29) is 36.6 Å². The summed E-state index contributed by atoms with van der Waals surface area (Å²) in [5.74, 6) is -0.458. The van der Waals surface area contributed by atoms with Crippen molar-refractivity contribution in [2.75, 3.05) is 26.2 Å². The Labute approximate surface area is 173 Å². The number of hydrogen-bond acceptors (Lipinski definition) is 5. The quantitative estimate of drug-likeness (QED) is 0.668. The van der Waals surface area contributed by atoms with E-state index >= 15 is 0 Å². The number of alkyl halides is 3. The average molecular weight is 467 g/mol. The number of rotatable bonds is 5. The van der Waals surface area contributed by atoms with Crippen LogP contribution in [0.15, 0.2) is 41.6 Å². The zero-order valence-electron chi connectivity index (χ0n) is 16.1. The van der Waals surface area contributed by atoms with Crippen LogP contribution >= 0.6 is 0 Å². The van der Waals surface area contributed by atoms with E-state index in [9.17, 15) is 30.0 Å². The summed E-state index contributed by atoms with van der Waals surface area (Å²) in [6, 6.07) is 3.96. The van der Waals surface area contributed by atoms with E-state index in [4.69, 9.17) is 0 Å². The summed E-state index contributed by atoms with van der Waals surface area (Å²) in [6.45, 7) is 0.220. The van der Waals surface area contributed by atoms with Crippen molar-refractivity contribution in [1.82, 2.24) is 18.4 Å². The molecule has 0 bridgehead atoms. The summed E-state index contributed by atoms with van der Waals surface area (Å²) in [5, 5.41) is 3.86. The summed E-state index contributed by atoms with van der Waals surface area (Å²) in [6.07, 6.45) is -1.59. The van der Waals surface area contributed by atoms with Gasteiger partial charge in [-0.2, -0.15) is 22.6 Å². The Balaban J connectivity index is 1.69. The van der Waals surface area contributed by atoms with Gasteiger partial charge in [-0.15, -0.1) is 0 Å². The van der Waals surface area contributed by atoms with Gasteiger partial charge in [0, 0.05) is 39.4 Å². The van der Waals surface area contributed by atoms with E-state index < -0.39 is 37.5 Å². The summed E-state index contributed by atoms with van der Waals surface area (Å²) < 4.78 is 92.7. The zero-order chi connectivity index (χ0) is 22.2. The average Bonchev–Trinajstić information content (AvgIpc) is 2.93. The van der Waals surface area contributed by atoms with E-state index in [0.29, 0.717) is 6.42 Å². The molecule has 1 aliphatic rings. The van der Waals surface area contributed by atoms with Crippen molar-refractivity contribution >= 4 is 20.0 Å². The highest BCUT2D eigenvalue weighted by Crippen LogP contribution is 2.29. The lowest BCUT2D eigenvalue weighted by Gasteiger charge is -2.21. The fourth-order valence-corrected chi connectivity index (χ4v) is 6.18. The molecule has 166 valence electrons. The molecule has 0 amide bonds. The zero-order valence-corrected chi connectivity index (χ0v) is 17.7. The molecular formula is C17H21F3N4O4S2. The number of aryl methyl sites for hydroxylation is 1. The number of hydrogen-bond donors (Lipinski definition) is 0. The summed E-state index contributed by atoms with van der Waals surface area (Å²) in [7, 11) is -6.02. The van der Waals surface area contributed by atoms with Crippen LogP contribution in [0, 0.1) is 0 Å². The fourth-order valence-electron chi connectivity index (χ4n) is 3.16. The Morgan fingerprint density at radius 2 is 1.57 bits per heavy atom. The van der Waals surface area contributed by atoms with Gasteiger partial charge in [-0.05, 0) is 24.1 Å². The molecule has 1 aliphatic heterocycles. The van der Waals surface area contributed by atoms with Gasteiger partial charge in [0.15, 0.2) is 0 Å². The monoisotopic (exact) mass is 466 g/mol. The van der Waals surface area contributed by atoms with Crippen LogP contribution in [0.3, 0.4) is 0 Å². The highest BCUT2D eigenvalue weighted by molar-refractivity contribution is 7.89. The van der Waals surface area contributed by atoms with Crippen molar-refractivity contribution in [3.05, 3.63) is 47.8 Å². The van der Waals surface area contributed by atoms with Gasteiger partial charge in [0.1, 0.15) is 4.90 Å². The first kappa shape index (κ1) is 22.7. The Morgan fingerprint density at radius 1 is 0.967 bits per heavy atom. The molecule has 1 saturated heterocycles. The third-order valence-corrected chi connectivity index (χ3v) is 8.46. The lowest BCUT2D eigenvalue weighted by atomic mass is 10.1. The molecule has 0 atom stereocenters. The van der Waals surface area contributed by atoms with Crippen LogP contribution in [-0.4, -0.2) is 61.4 Å². The highest BCUT2D eigenvalue weighted by atomic mass is 32.2. The molecule has 2 heterocycles. The maximum absolute atomic E-state index is 12.7. The number of nitrogens with zero attached hydrogens (tertiary/aromatic N) is 4. The molecule has 1 fully saturated rings. The van der Waals surface area contributed by atoms with Gasteiger partial charge in [0.2, 0.25) is 20.0 Å². The molecule has 2 aromatic rings. The SMILES string of the molecule is Cn1cc(S(=O)(=O)N2CCCN(S(=O)(=O)Cc3ccc(C(F)(F)F)cc3)CC2)cn1. The lowest BCUT2D eigenvalue weighted by molar-refractivity contribution is -0.137. The Bertz CT molecular complexity index is 1100. The Kier molecular flexibility index (Phi) is 6.28. The maximum atomic E-state index is 12.7. The number of halogens is 3. The largest absolute Gasteiger partial charge is 0.416 e. The summed E-state index contributed by atoms with van der Waals surface area (Å²) in [5.41, 5.74) is -0.623. The molecule has 0 radical (unpaired) electrons. The van der Waals surface area contributed by atoms with Crippen molar-refractivity contribution in [2.24, 2.45) is 7.05 Å². The van der Waals surface area contributed by atoms with Gasteiger partial charge in [-0.3, -0.25) is 4.68 Å². The number of sulfonamides is 2. The molecule has 0 saturated carbocycles. The predicted molar refractivity (Wildman–Crippen MR) is 102 cm³/mol. The second-order valence-electron chi connectivity index (χ2n) is 6.96. The third kappa shape index (κ3) is 5.02. The standard InChI is InChI=1S/C17H21F3N4O4S2/c1-22-12-16(11-21-22)30(27,28)24-8-2-7-23(9-10-24)29(25,26)13-14-3-5-15(6-4-14)17(18,19)20/h3-6,11-12H,2,7-10,13H2,1H3. The molecule has 13 heteroatoms. The summed E-state index contributed by atoms with van der Waals surface area (Å²) in [4.78, 5) is 0.0334. The molecule has 0 N–H and O–H groups in total. The molecule has 1 aromatic carbocycles. The molecule has 30 heavy (non-hydrogen) atoms. The normalized spacial score (nSPS) is 17.7. The van der Waals surface area contributed by atoms with Crippen LogP contribution in [0.1, 0.15) is 17.5 Å². The smallest absolute Gasteiger partial charge is 0.274 e. The van der Waals surface area contributed by atoms with Crippen LogP contribution in [0.5, 0.6) is 0 Å². The van der Waals surface area contributed by atoms with Gasteiger partial charge in [-0.25, -0.2) is 21.1 Å². The summed E-state index contributed by atoms with van der Waals surface area (Å²) >= 11 is 0. The van der Waals surface area contributed by atoms with Crippen molar-refractivity contribution in [3.63, 3.8) is 0 Å². The minimum atomic E-state index is -4.49. The van der Waals surface area contributed by atoms with E-state index in [0.717, 1.165) is 24.3 Å². The van der Waals surface area contributed by atoms with Crippen molar-refractivity contribution in [3.8, 4) is 0 Å². The van der Waals surface area contributed by atoms with Gasteiger partial charge in [0.05, 0.1) is 17.5 Å². The van der Waals surface area contributed by atoms with Crippen LogP contribution < -0.4 is 0 Å². The molecule has 0 spiro atoms. The molecule has 8 nitrogen and oxygen atoms in total. The molecule has 0 unspecified atom stereocenters. The van der Waals surface area contributed by atoms with Crippen molar-refractivity contribution < 1.29 is 30.0 Å². The van der Waals surface area contributed by atoms with Gasteiger partial charge < -0.3 is 0 Å². The Morgan fingerprint density at radius 3 is 2.13 bits per heavy atom. The number of benzene rings is 1. The van der Waals surface area contributed by atoms with Crippen LogP contribution in [0.4, 0.5) is 13.2 Å². The topological polar surface area (TPSA) is 92.6 Å². The molecule has 3 rings (SSSR count). The second-order valence-corrected chi connectivity index (χ2v) is 10.9. The fraction of sp³-hybridized carbons (Fsp3) is 0.471. The molecule has 1 aromatic heterocycles. The lowest BCUT2D eigenvalue weighted by Crippen LogP contribution is -2.37. The first-order valence-electron chi connectivity index (χ1n) is 9.02. The van der Waals surface area contributed by atoms with Crippen molar-refractivity contribution in [2.45, 2.75) is 23.2 Å². The first-order valence-corrected chi connectivity index (χ1v) is 12.1. The van der Waals surface area contributed by atoms with Crippen molar-refractivity contribution in [1.29, 1.82) is 0 Å². The maximum Gasteiger partial charge on any atom is 0.416 e. The predicted octanol–water partition coefficient (Wildman–Crippen LogP) is 1.67. The van der Waals surface area contributed by atoms with E-state index in [1.165, 1.54) is 25.7 Å². The second kappa shape index (κ2) is 8.29. The molecular weight excluding hydrogens is 445 g/mol. The first-order chi connectivity index (χ1) is 13.9. The van der Waals surface area contributed by atoms with Crippen LogP contribution in [0.25, 0.3) is 0 Å².